The van der Waals surface area contributed by atoms with E-state index in [0.29, 0.717) is 5.92 Å². The predicted molar refractivity (Wildman–Crippen MR) is 80.1 cm³/mol. The smallest absolute Gasteiger partial charge is 0.200 e. The third-order valence-electron chi connectivity index (χ3n) is 4.15. The molecule has 2 bridgehead atoms. The maximum atomic E-state index is 12.1. The first kappa shape index (κ1) is 16.0. The molecule has 2 aliphatic rings. The van der Waals surface area contributed by atoms with E-state index in [-0.39, 0.29) is 34.5 Å². The molecular formula is C14H18N2NaO2S. The molecule has 2 unspecified atom stereocenters. The summed E-state index contributed by atoms with van der Waals surface area (Å²) in [6, 6.07) is 6.80. The van der Waals surface area contributed by atoms with Gasteiger partial charge in [0, 0.05) is 35.3 Å². The molecule has 103 valence electrons. The van der Waals surface area contributed by atoms with Crippen LogP contribution in [0.3, 0.4) is 0 Å². The van der Waals surface area contributed by atoms with E-state index < -0.39 is 10.0 Å². The molecule has 1 radical (unpaired) electrons. The van der Waals surface area contributed by atoms with Crippen LogP contribution in [0.2, 0.25) is 0 Å². The zero-order valence-corrected chi connectivity index (χ0v) is 14.8. The van der Waals surface area contributed by atoms with E-state index in [1.54, 1.807) is 24.3 Å². The normalized spacial score (nSPS) is 26.6. The SMILES string of the molecule is Cc1ccc(S(=O)(=O)NN=C2CC3CCC2C3)cc1.[Na]. The second-order valence-electron chi connectivity index (χ2n) is 5.59. The van der Waals surface area contributed by atoms with Crippen molar-refractivity contribution in [1.29, 1.82) is 0 Å². The Hall–Kier alpha value is -0.360. The third-order valence-corrected chi connectivity index (χ3v) is 5.38. The van der Waals surface area contributed by atoms with Crippen molar-refractivity contribution in [3.63, 3.8) is 0 Å². The van der Waals surface area contributed by atoms with Gasteiger partial charge >= 0.3 is 0 Å². The summed E-state index contributed by atoms with van der Waals surface area (Å²) in [6.07, 6.45) is 4.58. The van der Waals surface area contributed by atoms with Crippen LogP contribution in [0.25, 0.3) is 0 Å². The van der Waals surface area contributed by atoms with Gasteiger partial charge in [0.2, 0.25) is 0 Å². The molecule has 0 aliphatic heterocycles. The predicted octanol–water partition coefficient (Wildman–Crippen LogP) is 2.07. The molecule has 0 saturated heterocycles. The molecule has 0 aromatic heterocycles. The first-order valence-corrected chi connectivity index (χ1v) is 8.18. The first-order valence-electron chi connectivity index (χ1n) is 6.69. The Morgan fingerprint density at radius 3 is 2.45 bits per heavy atom. The van der Waals surface area contributed by atoms with E-state index in [9.17, 15) is 8.42 Å². The minimum atomic E-state index is -3.52. The van der Waals surface area contributed by atoms with Gasteiger partial charge in [-0.1, -0.05) is 17.7 Å². The molecule has 2 aliphatic carbocycles. The van der Waals surface area contributed by atoms with Gasteiger partial charge in [-0.05, 0) is 56.6 Å². The Labute approximate surface area is 142 Å². The molecule has 1 aromatic carbocycles. The van der Waals surface area contributed by atoms with Crippen molar-refractivity contribution in [2.24, 2.45) is 16.9 Å². The number of sulfonamides is 1. The molecule has 4 nitrogen and oxygen atoms in total. The van der Waals surface area contributed by atoms with Gasteiger partial charge in [-0.2, -0.15) is 13.5 Å². The van der Waals surface area contributed by atoms with Crippen LogP contribution in [0, 0.1) is 18.8 Å². The van der Waals surface area contributed by atoms with Crippen molar-refractivity contribution in [3.05, 3.63) is 29.8 Å². The summed E-state index contributed by atoms with van der Waals surface area (Å²) < 4.78 is 24.2. The van der Waals surface area contributed by atoms with Crippen molar-refractivity contribution in [2.75, 3.05) is 0 Å². The van der Waals surface area contributed by atoms with Gasteiger partial charge in [-0.15, -0.1) is 0 Å². The van der Waals surface area contributed by atoms with Crippen LogP contribution in [0.4, 0.5) is 0 Å². The summed E-state index contributed by atoms with van der Waals surface area (Å²) in [5.74, 6) is 1.23. The van der Waals surface area contributed by atoms with Crippen LogP contribution in [0.15, 0.2) is 34.3 Å². The summed E-state index contributed by atoms with van der Waals surface area (Å²) in [5.41, 5.74) is 2.07. The third kappa shape index (κ3) is 3.27. The topological polar surface area (TPSA) is 58.5 Å². The fraction of sp³-hybridized carbons (Fsp3) is 0.500. The molecule has 2 atom stereocenters. The Morgan fingerprint density at radius 2 is 1.90 bits per heavy atom. The second-order valence-corrected chi connectivity index (χ2v) is 7.25. The molecule has 2 saturated carbocycles. The van der Waals surface area contributed by atoms with Crippen LogP contribution < -0.4 is 4.83 Å². The quantitative estimate of drug-likeness (QED) is 0.686. The molecule has 0 spiro atoms. The number of nitrogens with one attached hydrogen (secondary N) is 1. The molecule has 6 heteroatoms. The van der Waals surface area contributed by atoms with E-state index in [2.05, 4.69) is 9.93 Å². The van der Waals surface area contributed by atoms with E-state index >= 15 is 0 Å². The molecule has 0 heterocycles. The number of hydrogen-bond donors (Lipinski definition) is 1. The van der Waals surface area contributed by atoms with Gasteiger partial charge in [0.05, 0.1) is 4.90 Å². The summed E-state index contributed by atoms with van der Waals surface area (Å²) in [7, 11) is -3.52. The first-order chi connectivity index (χ1) is 9.04. The van der Waals surface area contributed by atoms with Gasteiger partial charge < -0.3 is 0 Å². The molecule has 3 rings (SSSR count). The van der Waals surface area contributed by atoms with E-state index in [0.717, 1.165) is 30.0 Å². The number of rotatable bonds is 3. The number of aryl methyl sites for hydroxylation is 1. The Kier molecular flexibility index (Phi) is 4.95. The monoisotopic (exact) mass is 301 g/mol. The summed E-state index contributed by atoms with van der Waals surface area (Å²) in [6.45, 7) is 1.93. The van der Waals surface area contributed by atoms with E-state index in [1.807, 2.05) is 6.92 Å². The van der Waals surface area contributed by atoms with Crippen molar-refractivity contribution in [1.82, 2.24) is 4.83 Å². The molecule has 20 heavy (non-hydrogen) atoms. The number of hydrogen-bond acceptors (Lipinski definition) is 3. The standard InChI is InChI=1S/C14H18N2O2S.Na/c1-10-2-6-13(7-3-10)19(17,18)16-15-14-9-11-4-5-12(14)8-11;/h2-3,6-7,11-12,16H,4-5,8-9H2,1H3;. The maximum Gasteiger partial charge on any atom is 0.276 e. The van der Waals surface area contributed by atoms with Gasteiger partial charge in [-0.25, -0.2) is 4.83 Å². The number of hydrazone groups is 1. The number of benzene rings is 1. The molecular weight excluding hydrogens is 283 g/mol. The van der Waals surface area contributed by atoms with Gasteiger partial charge in [0.25, 0.3) is 10.0 Å². The van der Waals surface area contributed by atoms with Gasteiger partial charge in [-0.3, -0.25) is 0 Å². The Bertz CT molecular complexity index is 611. The zero-order valence-electron chi connectivity index (χ0n) is 12.0. The van der Waals surface area contributed by atoms with E-state index in [1.165, 1.54) is 12.8 Å². The summed E-state index contributed by atoms with van der Waals surface area (Å²) in [5, 5.41) is 4.16. The molecule has 0 amide bonds. The second kappa shape index (κ2) is 6.18. The summed E-state index contributed by atoms with van der Waals surface area (Å²) in [4.78, 5) is 2.65. The minimum absolute atomic E-state index is 0. The average molecular weight is 301 g/mol. The fourth-order valence-electron chi connectivity index (χ4n) is 3.05. The molecule has 1 aromatic rings. The van der Waals surface area contributed by atoms with Crippen LogP contribution in [-0.4, -0.2) is 43.7 Å². The van der Waals surface area contributed by atoms with Gasteiger partial charge in [0.15, 0.2) is 0 Å². The van der Waals surface area contributed by atoms with Crippen LogP contribution >= 0.6 is 0 Å². The van der Waals surface area contributed by atoms with Gasteiger partial charge in [0.1, 0.15) is 0 Å². The molecule has 2 fully saturated rings. The van der Waals surface area contributed by atoms with Crippen LogP contribution in [0.5, 0.6) is 0 Å². The largest absolute Gasteiger partial charge is 0.276 e. The zero-order chi connectivity index (χ0) is 13.5. The number of fused-ring (bicyclic) bond motifs is 2. The Morgan fingerprint density at radius 1 is 1.20 bits per heavy atom. The number of nitrogens with zero attached hydrogens (tertiary/aromatic N) is 1. The van der Waals surface area contributed by atoms with Crippen molar-refractivity contribution in [2.45, 2.75) is 37.5 Å². The fourth-order valence-corrected chi connectivity index (χ4v) is 3.89. The maximum absolute atomic E-state index is 12.1. The molecule has 1 N–H and O–H groups in total. The van der Waals surface area contributed by atoms with Crippen LogP contribution in [0.1, 0.15) is 31.2 Å². The average Bonchev–Trinajstić information content (AvgIpc) is 2.99. The van der Waals surface area contributed by atoms with Crippen molar-refractivity contribution >= 4 is 45.3 Å². The van der Waals surface area contributed by atoms with E-state index in [4.69, 9.17) is 0 Å². The van der Waals surface area contributed by atoms with Crippen LogP contribution in [-0.2, 0) is 10.0 Å². The summed E-state index contributed by atoms with van der Waals surface area (Å²) >= 11 is 0. The minimum Gasteiger partial charge on any atom is -0.200 e. The Balaban J connectivity index is 0.00000147. The van der Waals surface area contributed by atoms with Crippen molar-refractivity contribution in [3.8, 4) is 0 Å². The van der Waals surface area contributed by atoms with Crippen molar-refractivity contribution < 1.29 is 8.42 Å².